The highest BCUT2D eigenvalue weighted by Crippen LogP contribution is 2.30. The third-order valence-corrected chi connectivity index (χ3v) is 3.43. The standard InChI is InChI=1S/C14H10Cl2FNO2/c1-20-12-6-5-8(7-10(12)17)14(19)18-11-4-2-3-9(15)13(11)16/h2-7H,1H3,(H,18,19). The lowest BCUT2D eigenvalue weighted by atomic mass is 10.2. The van der Waals surface area contributed by atoms with E-state index in [4.69, 9.17) is 27.9 Å². The summed E-state index contributed by atoms with van der Waals surface area (Å²) in [4.78, 5) is 12.0. The summed E-state index contributed by atoms with van der Waals surface area (Å²) in [5.74, 6) is -1.03. The molecule has 0 aromatic heterocycles. The number of nitrogens with one attached hydrogen (secondary N) is 1. The number of ether oxygens (including phenoxy) is 1. The fourth-order valence-corrected chi connectivity index (χ4v) is 1.95. The monoisotopic (exact) mass is 313 g/mol. The smallest absolute Gasteiger partial charge is 0.255 e. The van der Waals surface area contributed by atoms with Crippen molar-refractivity contribution in [2.24, 2.45) is 0 Å². The zero-order valence-electron chi connectivity index (χ0n) is 10.4. The maximum atomic E-state index is 13.5. The van der Waals surface area contributed by atoms with Crippen LogP contribution in [-0.2, 0) is 0 Å². The summed E-state index contributed by atoms with van der Waals surface area (Å²) in [6, 6.07) is 8.78. The first-order valence-electron chi connectivity index (χ1n) is 5.62. The van der Waals surface area contributed by atoms with E-state index in [0.717, 1.165) is 6.07 Å². The first-order chi connectivity index (χ1) is 9.52. The van der Waals surface area contributed by atoms with E-state index in [9.17, 15) is 9.18 Å². The Morgan fingerprint density at radius 1 is 1.25 bits per heavy atom. The van der Waals surface area contributed by atoms with E-state index in [1.54, 1.807) is 18.2 Å². The average Bonchev–Trinajstić information content (AvgIpc) is 2.43. The molecule has 1 N–H and O–H groups in total. The van der Waals surface area contributed by atoms with Crippen LogP contribution in [0.4, 0.5) is 10.1 Å². The van der Waals surface area contributed by atoms with Gasteiger partial charge in [0.15, 0.2) is 11.6 Å². The van der Waals surface area contributed by atoms with Crippen LogP contribution in [0.3, 0.4) is 0 Å². The molecule has 2 rings (SSSR count). The molecule has 0 fully saturated rings. The predicted octanol–water partition coefficient (Wildman–Crippen LogP) is 4.39. The molecule has 0 heterocycles. The Hall–Kier alpha value is -1.78. The van der Waals surface area contributed by atoms with Crippen LogP contribution in [0.15, 0.2) is 36.4 Å². The predicted molar refractivity (Wildman–Crippen MR) is 77.4 cm³/mol. The minimum Gasteiger partial charge on any atom is -0.494 e. The molecule has 0 bridgehead atoms. The molecule has 0 saturated carbocycles. The Labute approximate surface area is 125 Å². The van der Waals surface area contributed by atoms with Gasteiger partial charge in [0, 0.05) is 5.56 Å². The van der Waals surface area contributed by atoms with Crippen LogP contribution < -0.4 is 10.1 Å². The second kappa shape index (κ2) is 6.11. The van der Waals surface area contributed by atoms with E-state index < -0.39 is 11.7 Å². The summed E-state index contributed by atoms with van der Waals surface area (Å²) in [6.45, 7) is 0. The van der Waals surface area contributed by atoms with Gasteiger partial charge >= 0.3 is 0 Å². The summed E-state index contributed by atoms with van der Waals surface area (Å²) in [6.07, 6.45) is 0. The zero-order chi connectivity index (χ0) is 14.7. The van der Waals surface area contributed by atoms with Gasteiger partial charge in [-0.05, 0) is 30.3 Å². The number of carbonyl (C=O) groups excluding carboxylic acids is 1. The number of methoxy groups -OCH3 is 1. The van der Waals surface area contributed by atoms with Crippen LogP contribution in [-0.4, -0.2) is 13.0 Å². The lowest BCUT2D eigenvalue weighted by Gasteiger charge is -2.09. The first-order valence-corrected chi connectivity index (χ1v) is 6.37. The molecule has 0 aliphatic carbocycles. The molecule has 0 unspecified atom stereocenters. The Bertz CT molecular complexity index is 662. The summed E-state index contributed by atoms with van der Waals surface area (Å²) >= 11 is 11.8. The van der Waals surface area contributed by atoms with Gasteiger partial charge < -0.3 is 10.1 Å². The molecule has 0 radical (unpaired) electrons. The first kappa shape index (κ1) is 14.6. The summed E-state index contributed by atoms with van der Waals surface area (Å²) in [5.41, 5.74) is 0.514. The second-order valence-electron chi connectivity index (χ2n) is 3.90. The summed E-state index contributed by atoms with van der Waals surface area (Å²) in [7, 11) is 1.35. The lowest BCUT2D eigenvalue weighted by molar-refractivity contribution is 0.102. The van der Waals surface area contributed by atoms with Crippen LogP contribution in [0.5, 0.6) is 5.75 Å². The SMILES string of the molecule is COc1ccc(C(=O)Nc2cccc(Cl)c2Cl)cc1F. The van der Waals surface area contributed by atoms with E-state index in [1.165, 1.54) is 19.2 Å². The number of rotatable bonds is 3. The summed E-state index contributed by atoms with van der Waals surface area (Å²) < 4.78 is 18.3. The second-order valence-corrected chi connectivity index (χ2v) is 4.69. The number of carbonyl (C=O) groups is 1. The van der Waals surface area contributed by atoms with Gasteiger partial charge in [0.05, 0.1) is 22.8 Å². The van der Waals surface area contributed by atoms with Crippen molar-refractivity contribution in [1.82, 2.24) is 0 Å². The van der Waals surface area contributed by atoms with Crippen LogP contribution >= 0.6 is 23.2 Å². The van der Waals surface area contributed by atoms with Crippen molar-refractivity contribution in [2.75, 3.05) is 12.4 Å². The molecular weight excluding hydrogens is 304 g/mol. The van der Waals surface area contributed by atoms with E-state index in [1.807, 2.05) is 0 Å². The average molecular weight is 314 g/mol. The number of anilines is 1. The number of hydrogen-bond acceptors (Lipinski definition) is 2. The van der Waals surface area contributed by atoms with E-state index in [0.29, 0.717) is 10.7 Å². The number of benzene rings is 2. The van der Waals surface area contributed by atoms with E-state index >= 15 is 0 Å². The van der Waals surface area contributed by atoms with Gasteiger partial charge in [0.2, 0.25) is 0 Å². The molecule has 0 aliphatic heterocycles. The van der Waals surface area contributed by atoms with E-state index in [2.05, 4.69) is 5.32 Å². The molecule has 104 valence electrons. The highest BCUT2D eigenvalue weighted by atomic mass is 35.5. The van der Waals surface area contributed by atoms with Gasteiger partial charge in [-0.3, -0.25) is 4.79 Å². The van der Waals surface area contributed by atoms with Crippen LogP contribution in [0.25, 0.3) is 0 Å². The zero-order valence-corrected chi connectivity index (χ0v) is 11.9. The number of amides is 1. The van der Waals surface area contributed by atoms with Crippen LogP contribution in [0, 0.1) is 5.82 Å². The Balaban J connectivity index is 2.24. The minimum absolute atomic E-state index is 0.0716. The molecular formula is C14H10Cl2FNO2. The molecule has 0 spiro atoms. The number of hydrogen-bond donors (Lipinski definition) is 1. The number of halogens is 3. The molecule has 3 nitrogen and oxygen atoms in total. The Morgan fingerprint density at radius 2 is 2.00 bits per heavy atom. The van der Waals surface area contributed by atoms with Gasteiger partial charge in [-0.15, -0.1) is 0 Å². The van der Waals surface area contributed by atoms with Crippen molar-refractivity contribution in [1.29, 1.82) is 0 Å². The molecule has 2 aromatic carbocycles. The summed E-state index contributed by atoms with van der Waals surface area (Å²) in [5, 5.41) is 3.13. The van der Waals surface area contributed by atoms with Gasteiger partial charge in [-0.25, -0.2) is 4.39 Å². The van der Waals surface area contributed by atoms with Crippen LogP contribution in [0.2, 0.25) is 10.0 Å². The van der Waals surface area contributed by atoms with E-state index in [-0.39, 0.29) is 16.3 Å². The van der Waals surface area contributed by atoms with Crippen LogP contribution in [0.1, 0.15) is 10.4 Å². The van der Waals surface area contributed by atoms with Gasteiger partial charge in [-0.1, -0.05) is 29.3 Å². The van der Waals surface area contributed by atoms with Crippen molar-refractivity contribution >= 4 is 34.8 Å². The van der Waals surface area contributed by atoms with Gasteiger partial charge in [0.25, 0.3) is 5.91 Å². The Kier molecular flexibility index (Phi) is 4.47. The fraction of sp³-hybridized carbons (Fsp3) is 0.0714. The molecule has 0 aliphatic rings. The third kappa shape index (κ3) is 3.03. The molecule has 1 amide bonds. The maximum Gasteiger partial charge on any atom is 0.255 e. The van der Waals surface area contributed by atoms with Crippen molar-refractivity contribution in [2.45, 2.75) is 0 Å². The molecule has 0 atom stereocenters. The largest absolute Gasteiger partial charge is 0.494 e. The van der Waals surface area contributed by atoms with Gasteiger partial charge in [-0.2, -0.15) is 0 Å². The highest BCUT2D eigenvalue weighted by molar-refractivity contribution is 6.44. The molecule has 2 aromatic rings. The molecule has 20 heavy (non-hydrogen) atoms. The van der Waals surface area contributed by atoms with Crippen molar-refractivity contribution in [3.8, 4) is 5.75 Å². The van der Waals surface area contributed by atoms with Crippen molar-refractivity contribution in [3.63, 3.8) is 0 Å². The molecule has 6 heteroatoms. The lowest BCUT2D eigenvalue weighted by Crippen LogP contribution is -2.12. The third-order valence-electron chi connectivity index (χ3n) is 2.61. The van der Waals surface area contributed by atoms with Crippen molar-refractivity contribution in [3.05, 3.63) is 57.8 Å². The Morgan fingerprint density at radius 3 is 2.65 bits per heavy atom. The van der Waals surface area contributed by atoms with Gasteiger partial charge in [0.1, 0.15) is 0 Å². The maximum absolute atomic E-state index is 13.5. The minimum atomic E-state index is -0.614. The fourth-order valence-electron chi connectivity index (χ4n) is 1.60. The normalized spacial score (nSPS) is 10.2. The molecule has 0 saturated heterocycles. The highest BCUT2D eigenvalue weighted by Gasteiger charge is 2.12. The van der Waals surface area contributed by atoms with Crippen molar-refractivity contribution < 1.29 is 13.9 Å². The topological polar surface area (TPSA) is 38.3 Å². The quantitative estimate of drug-likeness (QED) is 0.912.